The van der Waals surface area contributed by atoms with E-state index in [0.29, 0.717) is 6.54 Å². The van der Waals surface area contributed by atoms with Crippen molar-refractivity contribution in [2.75, 3.05) is 25.5 Å². The molecule has 0 spiro atoms. The third kappa shape index (κ3) is 3.71. The molecule has 0 bridgehead atoms. The molecule has 0 saturated carbocycles. The van der Waals surface area contributed by atoms with Crippen LogP contribution in [0.4, 0.5) is 5.69 Å². The van der Waals surface area contributed by atoms with Gasteiger partial charge in [0.15, 0.2) is 0 Å². The molecule has 0 aromatic heterocycles. The lowest BCUT2D eigenvalue weighted by molar-refractivity contribution is -0.123. The van der Waals surface area contributed by atoms with E-state index in [0.717, 1.165) is 15.7 Å². The van der Waals surface area contributed by atoms with Crippen molar-refractivity contribution in [1.29, 1.82) is 0 Å². The Labute approximate surface area is 116 Å². The molecule has 0 aliphatic heterocycles. The zero-order valence-electron chi connectivity index (χ0n) is 10.9. The van der Waals surface area contributed by atoms with Gasteiger partial charge in [-0.3, -0.25) is 4.79 Å². The maximum absolute atomic E-state index is 11.5. The number of halogens is 1. The van der Waals surface area contributed by atoms with E-state index < -0.39 is 0 Å². The van der Waals surface area contributed by atoms with Gasteiger partial charge in [0.1, 0.15) is 0 Å². The average Bonchev–Trinajstić information content (AvgIpc) is 2.37. The smallest absolute Gasteiger partial charge is 0.224 e. The second kappa shape index (κ2) is 6.75. The van der Waals surface area contributed by atoms with Crippen molar-refractivity contribution < 1.29 is 9.90 Å². The van der Waals surface area contributed by atoms with Gasteiger partial charge in [0, 0.05) is 25.1 Å². The summed E-state index contributed by atoms with van der Waals surface area (Å²) < 4.78 is 0.917. The molecule has 4 nitrogen and oxygen atoms in total. The van der Waals surface area contributed by atoms with Gasteiger partial charge in [0.25, 0.3) is 0 Å². The Balaban J connectivity index is 2.78. The molecule has 0 heterocycles. The first-order valence-corrected chi connectivity index (χ1v) is 6.61. The number of nitrogens with one attached hydrogen (secondary N) is 1. The third-order valence-corrected chi connectivity index (χ3v) is 3.48. The van der Waals surface area contributed by atoms with E-state index in [4.69, 9.17) is 5.11 Å². The molecule has 100 valence electrons. The number of amides is 1. The van der Waals surface area contributed by atoms with Gasteiger partial charge in [-0.05, 0) is 33.6 Å². The van der Waals surface area contributed by atoms with Gasteiger partial charge in [-0.1, -0.05) is 13.0 Å². The Morgan fingerprint density at radius 1 is 1.56 bits per heavy atom. The number of hydrogen-bond donors (Lipinski definition) is 2. The van der Waals surface area contributed by atoms with Crippen LogP contribution in [0.5, 0.6) is 0 Å². The molecule has 0 aliphatic rings. The second-order valence-corrected chi connectivity index (χ2v) is 5.19. The van der Waals surface area contributed by atoms with Gasteiger partial charge in [-0.2, -0.15) is 0 Å². The monoisotopic (exact) mass is 314 g/mol. The molecule has 1 unspecified atom stereocenters. The zero-order valence-corrected chi connectivity index (χ0v) is 12.5. The topological polar surface area (TPSA) is 52.6 Å². The van der Waals surface area contributed by atoms with Crippen LogP contribution in [0.3, 0.4) is 0 Å². The molecule has 18 heavy (non-hydrogen) atoms. The second-order valence-electron chi connectivity index (χ2n) is 4.34. The van der Waals surface area contributed by atoms with Gasteiger partial charge in [0.05, 0.1) is 18.2 Å². The number of anilines is 1. The summed E-state index contributed by atoms with van der Waals surface area (Å²) in [5, 5.41) is 11.7. The Morgan fingerprint density at radius 2 is 2.22 bits per heavy atom. The molecule has 5 heteroatoms. The summed E-state index contributed by atoms with van der Waals surface area (Å²) >= 11 is 3.48. The number of aliphatic hydroxyl groups is 1. The van der Waals surface area contributed by atoms with E-state index in [2.05, 4.69) is 21.2 Å². The van der Waals surface area contributed by atoms with E-state index in [1.807, 2.05) is 37.1 Å². The number of carbonyl (C=O) groups excluding carboxylic acids is 1. The fourth-order valence-electron chi connectivity index (χ4n) is 1.80. The molecular weight excluding hydrogens is 296 g/mol. The minimum Gasteiger partial charge on any atom is -0.392 e. The average molecular weight is 315 g/mol. The van der Waals surface area contributed by atoms with Crippen LogP contribution in [0, 0.1) is 5.92 Å². The summed E-state index contributed by atoms with van der Waals surface area (Å²) in [5.74, 6) is -0.0469. The summed E-state index contributed by atoms with van der Waals surface area (Å²) in [4.78, 5) is 13.5. The highest BCUT2D eigenvalue weighted by atomic mass is 79.9. The first-order chi connectivity index (χ1) is 8.49. The number of carbonyl (C=O) groups is 1. The molecule has 1 amide bonds. The van der Waals surface area contributed by atoms with Gasteiger partial charge < -0.3 is 15.3 Å². The normalized spacial score (nSPS) is 12.1. The van der Waals surface area contributed by atoms with Crippen molar-refractivity contribution in [3.63, 3.8) is 0 Å². The number of benzene rings is 1. The Bertz CT molecular complexity index is 423. The van der Waals surface area contributed by atoms with Crippen LogP contribution in [0.25, 0.3) is 0 Å². The van der Waals surface area contributed by atoms with E-state index in [1.54, 1.807) is 7.05 Å². The molecule has 0 fully saturated rings. The summed E-state index contributed by atoms with van der Waals surface area (Å²) in [6.07, 6.45) is 0. The van der Waals surface area contributed by atoms with Crippen molar-refractivity contribution in [2.24, 2.45) is 5.92 Å². The molecule has 0 aliphatic carbocycles. The van der Waals surface area contributed by atoms with Crippen LogP contribution in [0.2, 0.25) is 0 Å². The molecule has 1 atom stereocenters. The number of aliphatic hydroxyl groups excluding tert-OH is 1. The lowest BCUT2D eigenvalue weighted by atomic mass is 10.1. The zero-order chi connectivity index (χ0) is 13.7. The largest absolute Gasteiger partial charge is 0.392 e. The van der Waals surface area contributed by atoms with Crippen molar-refractivity contribution in [3.05, 3.63) is 28.2 Å². The van der Waals surface area contributed by atoms with Crippen LogP contribution >= 0.6 is 15.9 Å². The molecule has 1 aromatic rings. The standard InChI is InChI=1S/C13H19BrN2O2/c1-9(13(18)15-2)7-16(3)12-5-4-10(8-17)6-11(12)14/h4-6,9,17H,7-8H2,1-3H3,(H,15,18). The van der Waals surface area contributed by atoms with Crippen LogP contribution in [0.15, 0.2) is 22.7 Å². The molecular formula is C13H19BrN2O2. The van der Waals surface area contributed by atoms with Gasteiger partial charge in [-0.15, -0.1) is 0 Å². The SMILES string of the molecule is CNC(=O)C(C)CN(C)c1ccc(CO)cc1Br. The number of nitrogens with zero attached hydrogens (tertiary/aromatic N) is 1. The molecule has 2 N–H and O–H groups in total. The Kier molecular flexibility index (Phi) is 5.62. The van der Waals surface area contributed by atoms with Crippen LogP contribution in [-0.2, 0) is 11.4 Å². The molecule has 0 radical (unpaired) electrons. The highest BCUT2D eigenvalue weighted by Gasteiger charge is 2.15. The van der Waals surface area contributed by atoms with Crippen molar-refractivity contribution in [2.45, 2.75) is 13.5 Å². The van der Waals surface area contributed by atoms with Crippen LogP contribution in [-0.4, -0.2) is 31.7 Å². The van der Waals surface area contributed by atoms with E-state index in [1.165, 1.54) is 0 Å². The quantitative estimate of drug-likeness (QED) is 0.870. The van der Waals surface area contributed by atoms with Crippen molar-refractivity contribution in [1.82, 2.24) is 5.32 Å². The minimum atomic E-state index is -0.0792. The highest BCUT2D eigenvalue weighted by molar-refractivity contribution is 9.10. The Hall–Kier alpha value is -1.07. The predicted octanol–water partition coefficient (Wildman–Crippen LogP) is 1.76. The lowest BCUT2D eigenvalue weighted by Crippen LogP contribution is -2.34. The van der Waals surface area contributed by atoms with E-state index >= 15 is 0 Å². The molecule has 0 saturated heterocycles. The van der Waals surface area contributed by atoms with Gasteiger partial charge in [-0.25, -0.2) is 0 Å². The number of hydrogen-bond acceptors (Lipinski definition) is 3. The van der Waals surface area contributed by atoms with Crippen molar-refractivity contribution in [3.8, 4) is 0 Å². The maximum atomic E-state index is 11.5. The maximum Gasteiger partial charge on any atom is 0.224 e. The molecule has 1 aromatic carbocycles. The summed E-state index contributed by atoms with van der Waals surface area (Å²) in [6, 6.07) is 5.70. The number of rotatable bonds is 5. The third-order valence-electron chi connectivity index (χ3n) is 2.85. The van der Waals surface area contributed by atoms with E-state index in [-0.39, 0.29) is 18.4 Å². The first kappa shape index (κ1) is 15.0. The van der Waals surface area contributed by atoms with Crippen LogP contribution < -0.4 is 10.2 Å². The minimum absolute atomic E-state index is 0.0250. The summed E-state index contributed by atoms with van der Waals surface area (Å²) in [7, 11) is 3.59. The first-order valence-electron chi connectivity index (χ1n) is 5.81. The Morgan fingerprint density at radius 3 is 2.72 bits per heavy atom. The summed E-state index contributed by atoms with van der Waals surface area (Å²) in [5.41, 5.74) is 1.86. The fraction of sp³-hybridized carbons (Fsp3) is 0.462. The van der Waals surface area contributed by atoms with Crippen molar-refractivity contribution >= 4 is 27.5 Å². The van der Waals surface area contributed by atoms with Crippen LogP contribution in [0.1, 0.15) is 12.5 Å². The van der Waals surface area contributed by atoms with Gasteiger partial charge in [0.2, 0.25) is 5.91 Å². The lowest BCUT2D eigenvalue weighted by Gasteiger charge is -2.24. The predicted molar refractivity (Wildman–Crippen MR) is 76.6 cm³/mol. The molecule has 1 rings (SSSR count). The highest BCUT2D eigenvalue weighted by Crippen LogP contribution is 2.27. The van der Waals surface area contributed by atoms with Gasteiger partial charge >= 0.3 is 0 Å². The fourth-order valence-corrected chi connectivity index (χ4v) is 2.53. The summed E-state index contributed by atoms with van der Waals surface area (Å²) in [6.45, 7) is 2.55. The van der Waals surface area contributed by atoms with E-state index in [9.17, 15) is 4.79 Å².